The number of halogens is 2. The van der Waals surface area contributed by atoms with Crippen molar-refractivity contribution in [1.82, 2.24) is 15.5 Å². The van der Waals surface area contributed by atoms with Crippen LogP contribution in [0.5, 0.6) is 0 Å². The molecule has 1 fully saturated rings. The Morgan fingerprint density at radius 1 is 1.56 bits per heavy atom. The van der Waals surface area contributed by atoms with Gasteiger partial charge < -0.3 is 5.32 Å². The molecule has 1 aliphatic carbocycles. The van der Waals surface area contributed by atoms with E-state index in [2.05, 4.69) is 22.4 Å². The lowest BCUT2D eigenvalue weighted by Gasteiger charge is -2.05. The molecule has 1 N–H and O–H groups in total. The van der Waals surface area contributed by atoms with Crippen LogP contribution in [-0.2, 0) is 0 Å². The average Bonchev–Trinajstić information content (AvgIpc) is 2.95. The van der Waals surface area contributed by atoms with Gasteiger partial charge in [-0.05, 0) is 24.3 Å². The summed E-state index contributed by atoms with van der Waals surface area (Å²) in [7, 11) is 0. The van der Waals surface area contributed by atoms with E-state index in [9.17, 15) is 4.79 Å². The lowest BCUT2D eigenvalue weighted by atomic mass is 10.2. The van der Waals surface area contributed by atoms with Crippen LogP contribution in [0.1, 0.15) is 23.7 Å². The van der Waals surface area contributed by atoms with E-state index in [-0.39, 0.29) is 21.8 Å². The Balaban J connectivity index is 1.99. The fourth-order valence-corrected chi connectivity index (χ4v) is 1.84. The van der Waals surface area contributed by atoms with Gasteiger partial charge in [-0.2, -0.15) is 0 Å². The molecule has 0 aliphatic heterocycles. The van der Waals surface area contributed by atoms with Crippen molar-refractivity contribution in [2.75, 3.05) is 6.54 Å². The molecule has 2 unspecified atom stereocenters. The zero-order valence-corrected chi connectivity index (χ0v) is 10.2. The smallest absolute Gasteiger partial charge is 0.254 e. The highest BCUT2D eigenvalue weighted by molar-refractivity contribution is 6.34. The van der Waals surface area contributed by atoms with E-state index in [1.807, 2.05) is 0 Å². The van der Waals surface area contributed by atoms with Crippen LogP contribution < -0.4 is 5.32 Å². The molecule has 2 atom stereocenters. The van der Waals surface area contributed by atoms with Crippen molar-refractivity contribution in [3.63, 3.8) is 0 Å². The van der Waals surface area contributed by atoms with E-state index in [1.54, 1.807) is 0 Å². The first-order valence-corrected chi connectivity index (χ1v) is 5.80. The quantitative estimate of drug-likeness (QED) is 0.906. The van der Waals surface area contributed by atoms with E-state index in [4.69, 9.17) is 23.2 Å². The SMILES string of the molecule is CC1CC1CNC(=O)c1cc(Cl)nnc1Cl. The average molecular weight is 260 g/mol. The summed E-state index contributed by atoms with van der Waals surface area (Å²) in [5, 5.41) is 10.2. The Morgan fingerprint density at radius 3 is 2.88 bits per heavy atom. The highest BCUT2D eigenvalue weighted by atomic mass is 35.5. The van der Waals surface area contributed by atoms with Crippen LogP contribution in [0.15, 0.2) is 6.07 Å². The molecular weight excluding hydrogens is 249 g/mol. The number of hydrogen-bond donors (Lipinski definition) is 1. The highest BCUT2D eigenvalue weighted by Crippen LogP contribution is 2.36. The Morgan fingerprint density at radius 2 is 2.25 bits per heavy atom. The third-order valence-electron chi connectivity index (χ3n) is 2.76. The Labute approximate surface area is 103 Å². The van der Waals surface area contributed by atoms with Crippen LogP contribution in [0.25, 0.3) is 0 Å². The minimum absolute atomic E-state index is 0.0748. The van der Waals surface area contributed by atoms with Crippen LogP contribution in [0, 0.1) is 11.8 Å². The first-order chi connectivity index (χ1) is 7.58. The molecule has 86 valence electrons. The van der Waals surface area contributed by atoms with Crippen molar-refractivity contribution in [1.29, 1.82) is 0 Å². The van der Waals surface area contributed by atoms with Gasteiger partial charge in [0.15, 0.2) is 10.3 Å². The number of hydrogen-bond acceptors (Lipinski definition) is 3. The van der Waals surface area contributed by atoms with Crippen LogP contribution >= 0.6 is 23.2 Å². The maximum absolute atomic E-state index is 11.7. The standard InChI is InChI=1S/C10H11Cl2N3O/c1-5-2-6(5)4-13-10(16)7-3-8(11)14-15-9(7)12/h3,5-6H,2,4H2,1H3,(H,13,16). The first kappa shape index (κ1) is 11.6. The van der Waals surface area contributed by atoms with Gasteiger partial charge in [-0.25, -0.2) is 0 Å². The number of nitrogens with one attached hydrogen (secondary N) is 1. The zero-order chi connectivity index (χ0) is 11.7. The van der Waals surface area contributed by atoms with Crippen molar-refractivity contribution in [2.24, 2.45) is 11.8 Å². The first-order valence-electron chi connectivity index (χ1n) is 5.05. The molecule has 0 spiro atoms. The normalized spacial score (nSPS) is 22.9. The summed E-state index contributed by atoms with van der Waals surface area (Å²) in [6, 6.07) is 1.42. The monoisotopic (exact) mass is 259 g/mol. The van der Waals surface area contributed by atoms with Gasteiger partial charge >= 0.3 is 0 Å². The Hall–Kier alpha value is -0.870. The van der Waals surface area contributed by atoms with Crippen LogP contribution in [0.3, 0.4) is 0 Å². The lowest BCUT2D eigenvalue weighted by molar-refractivity contribution is 0.0951. The number of rotatable bonds is 3. The molecular formula is C10H11Cl2N3O. The third-order valence-corrected chi connectivity index (χ3v) is 3.23. The molecule has 16 heavy (non-hydrogen) atoms. The molecule has 6 heteroatoms. The maximum Gasteiger partial charge on any atom is 0.254 e. The molecule has 4 nitrogen and oxygen atoms in total. The van der Waals surface area contributed by atoms with E-state index in [0.717, 1.165) is 0 Å². The van der Waals surface area contributed by atoms with E-state index >= 15 is 0 Å². The molecule has 1 heterocycles. The van der Waals surface area contributed by atoms with Gasteiger partial charge in [-0.3, -0.25) is 4.79 Å². The molecule has 1 saturated carbocycles. The fourth-order valence-electron chi connectivity index (χ4n) is 1.51. The number of carbonyl (C=O) groups excluding carboxylic acids is 1. The summed E-state index contributed by atoms with van der Waals surface area (Å²) in [6.07, 6.45) is 1.17. The topological polar surface area (TPSA) is 54.9 Å². The Kier molecular flexibility index (Phi) is 3.30. The Bertz CT molecular complexity index is 425. The van der Waals surface area contributed by atoms with Gasteiger partial charge in [-0.1, -0.05) is 30.1 Å². The van der Waals surface area contributed by atoms with E-state index < -0.39 is 0 Å². The van der Waals surface area contributed by atoms with Gasteiger partial charge in [-0.15, -0.1) is 10.2 Å². The summed E-state index contributed by atoms with van der Waals surface area (Å²) in [6.45, 7) is 2.84. The minimum atomic E-state index is -0.249. The summed E-state index contributed by atoms with van der Waals surface area (Å²) in [4.78, 5) is 11.7. The summed E-state index contributed by atoms with van der Waals surface area (Å²) in [5.41, 5.74) is 0.273. The molecule has 0 aromatic carbocycles. The number of nitrogens with zero attached hydrogens (tertiary/aromatic N) is 2. The molecule has 0 saturated heterocycles. The second kappa shape index (κ2) is 4.55. The molecule has 1 amide bonds. The summed E-state index contributed by atoms with van der Waals surface area (Å²) >= 11 is 11.4. The van der Waals surface area contributed by atoms with Crippen molar-refractivity contribution >= 4 is 29.1 Å². The minimum Gasteiger partial charge on any atom is -0.352 e. The number of aromatic nitrogens is 2. The molecule has 1 aliphatic rings. The van der Waals surface area contributed by atoms with Crippen molar-refractivity contribution < 1.29 is 4.79 Å². The van der Waals surface area contributed by atoms with E-state index in [1.165, 1.54) is 12.5 Å². The zero-order valence-electron chi connectivity index (χ0n) is 8.70. The molecule has 2 rings (SSSR count). The summed E-state index contributed by atoms with van der Waals surface area (Å²) < 4.78 is 0. The summed E-state index contributed by atoms with van der Waals surface area (Å²) in [5.74, 6) is 1.05. The predicted molar refractivity (Wildman–Crippen MR) is 61.7 cm³/mol. The predicted octanol–water partition coefficient (Wildman–Crippen LogP) is 2.17. The van der Waals surface area contributed by atoms with Gasteiger partial charge in [0.2, 0.25) is 0 Å². The van der Waals surface area contributed by atoms with Crippen molar-refractivity contribution in [3.8, 4) is 0 Å². The highest BCUT2D eigenvalue weighted by Gasteiger charge is 2.32. The van der Waals surface area contributed by atoms with Gasteiger partial charge in [0.05, 0.1) is 5.56 Å². The maximum atomic E-state index is 11.7. The van der Waals surface area contributed by atoms with Crippen LogP contribution in [0.4, 0.5) is 0 Å². The molecule has 1 aromatic rings. The molecule has 0 bridgehead atoms. The van der Waals surface area contributed by atoms with Crippen LogP contribution in [-0.4, -0.2) is 22.6 Å². The van der Waals surface area contributed by atoms with Gasteiger partial charge in [0.25, 0.3) is 5.91 Å². The number of amides is 1. The number of carbonyl (C=O) groups is 1. The molecule has 1 aromatic heterocycles. The largest absolute Gasteiger partial charge is 0.352 e. The van der Waals surface area contributed by atoms with E-state index in [0.29, 0.717) is 18.4 Å². The second-order valence-corrected chi connectivity index (χ2v) is 4.80. The molecule has 0 radical (unpaired) electrons. The van der Waals surface area contributed by atoms with Gasteiger partial charge in [0.1, 0.15) is 0 Å². The van der Waals surface area contributed by atoms with Gasteiger partial charge in [0, 0.05) is 6.54 Å². The lowest BCUT2D eigenvalue weighted by Crippen LogP contribution is -2.26. The van der Waals surface area contributed by atoms with Crippen molar-refractivity contribution in [2.45, 2.75) is 13.3 Å². The third kappa shape index (κ3) is 2.62. The van der Waals surface area contributed by atoms with Crippen molar-refractivity contribution in [3.05, 3.63) is 21.9 Å². The van der Waals surface area contributed by atoms with Crippen LogP contribution in [0.2, 0.25) is 10.3 Å². The fraction of sp³-hybridized carbons (Fsp3) is 0.500. The second-order valence-electron chi connectivity index (χ2n) is 4.05.